The summed E-state index contributed by atoms with van der Waals surface area (Å²) in [4.78, 5) is 20.1. The van der Waals surface area contributed by atoms with Gasteiger partial charge in [0.1, 0.15) is 0 Å². The molecule has 0 saturated heterocycles. The number of hydrogen-bond acceptors (Lipinski definition) is 4. The predicted octanol–water partition coefficient (Wildman–Crippen LogP) is 3.85. The molecule has 0 radical (unpaired) electrons. The van der Waals surface area contributed by atoms with Crippen molar-refractivity contribution in [2.75, 3.05) is 11.1 Å². The molecule has 0 aliphatic rings. The molecule has 26 heavy (non-hydrogen) atoms. The Bertz CT molecular complexity index is 1060. The van der Waals surface area contributed by atoms with Gasteiger partial charge in [-0.05, 0) is 23.9 Å². The number of thioether (sulfide) groups is 1. The lowest BCUT2D eigenvalue weighted by Crippen LogP contribution is -2.29. The first-order chi connectivity index (χ1) is 12.7. The molecule has 0 spiro atoms. The lowest BCUT2D eigenvalue weighted by Gasteiger charge is -1.99. The predicted molar refractivity (Wildman–Crippen MR) is 106 cm³/mol. The maximum Gasteiger partial charge on any atom is 0.317 e. The summed E-state index contributed by atoms with van der Waals surface area (Å²) in [5.41, 5.74) is 4.09. The number of aromatic amines is 1. The smallest absolute Gasteiger partial charge is 0.301 e. The van der Waals surface area contributed by atoms with Crippen molar-refractivity contribution in [1.82, 2.24) is 9.97 Å². The van der Waals surface area contributed by atoms with E-state index in [1.54, 1.807) is 0 Å². The SMILES string of the molecule is C[n+]1c(SCC(=O)Nc2nc(-c3ccccc3)cs2)[nH]c2ccccc21. The molecule has 2 heterocycles. The van der Waals surface area contributed by atoms with Crippen LogP contribution in [-0.2, 0) is 11.8 Å². The average Bonchev–Trinajstić information content (AvgIpc) is 3.26. The molecule has 130 valence electrons. The van der Waals surface area contributed by atoms with Crippen LogP contribution in [0.5, 0.6) is 0 Å². The zero-order valence-corrected chi connectivity index (χ0v) is 15.7. The van der Waals surface area contributed by atoms with Gasteiger partial charge >= 0.3 is 5.16 Å². The molecule has 0 fully saturated rings. The van der Waals surface area contributed by atoms with Gasteiger partial charge in [-0.1, -0.05) is 42.5 Å². The molecule has 2 aromatic carbocycles. The van der Waals surface area contributed by atoms with Crippen LogP contribution in [0.25, 0.3) is 22.3 Å². The maximum absolute atomic E-state index is 12.3. The number of rotatable bonds is 5. The highest BCUT2D eigenvalue weighted by Gasteiger charge is 2.17. The van der Waals surface area contributed by atoms with Gasteiger partial charge in [-0.2, -0.15) is 0 Å². The van der Waals surface area contributed by atoms with E-state index in [1.165, 1.54) is 23.1 Å². The van der Waals surface area contributed by atoms with E-state index in [2.05, 4.69) is 25.9 Å². The molecule has 0 saturated carbocycles. The summed E-state index contributed by atoms with van der Waals surface area (Å²) in [6.45, 7) is 0. The Morgan fingerprint density at radius 3 is 2.77 bits per heavy atom. The number of nitrogens with zero attached hydrogens (tertiary/aromatic N) is 2. The second kappa shape index (κ2) is 7.31. The van der Waals surface area contributed by atoms with Gasteiger partial charge in [-0.3, -0.25) is 4.79 Å². The van der Waals surface area contributed by atoms with Crippen LogP contribution in [-0.4, -0.2) is 21.6 Å². The van der Waals surface area contributed by atoms with Gasteiger partial charge in [0.05, 0.1) is 18.5 Å². The lowest BCUT2D eigenvalue weighted by atomic mass is 10.2. The van der Waals surface area contributed by atoms with Crippen LogP contribution in [0, 0.1) is 0 Å². The van der Waals surface area contributed by atoms with Crippen LogP contribution in [0.1, 0.15) is 0 Å². The van der Waals surface area contributed by atoms with Gasteiger partial charge in [0, 0.05) is 10.9 Å². The van der Waals surface area contributed by atoms with Crippen molar-refractivity contribution in [2.24, 2.45) is 7.05 Å². The molecule has 2 N–H and O–H groups in total. The van der Waals surface area contributed by atoms with Gasteiger partial charge in [0.15, 0.2) is 16.2 Å². The molecule has 0 aliphatic carbocycles. The first kappa shape index (κ1) is 16.8. The summed E-state index contributed by atoms with van der Waals surface area (Å²) in [6.07, 6.45) is 0. The number of aryl methyl sites for hydroxylation is 1. The highest BCUT2D eigenvalue weighted by molar-refractivity contribution is 7.99. The summed E-state index contributed by atoms with van der Waals surface area (Å²) in [5.74, 6) is 0.253. The third-order valence-corrected chi connectivity index (χ3v) is 5.79. The van der Waals surface area contributed by atoms with Crippen molar-refractivity contribution in [3.8, 4) is 11.3 Å². The Morgan fingerprint density at radius 2 is 1.96 bits per heavy atom. The van der Waals surface area contributed by atoms with Gasteiger partial charge in [-0.15, -0.1) is 11.3 Å². The van der Waals surface area contributed by atoms with Crippen molar-refractivity contribution in [3.63, 3.8) is 0 Å². The van der Waals surface area contributed by atoms with E-state index in [1.807, 2.05) is 61.0 Å². The maximum atomic E-state index is 12.3. The van der Waals surface area contributed by atoms with E-state index in [4.69, 9.17) is 0 Å². The second-order valence-corrected chi connectivity index (χ2v) is 7.57. The number of imidazole rings is 1. The Hall–Kier alpha value is -2.64. The number of aromatic nitrogens is 3. The molecular formula is C19H17N4OS2+. The number of anilines is 1. The molecule has 0 aliphatic heterocycles. The average molecular weight is 382 g/mol. The number of carbonyl (C=O) groups excluding carboxylic acids is 1. The Balaban J connectivity index is 1.40. The van der Waals surface area contributed by atoms with Gasteiger partial charge in [-0.25, -0.2) is 14.5 Å². The standard InChI is InChI=1S/C19H16N4OS2/c1-23-16-10-6-5-9-14(16)21-19(23)26-12-17(24)22-18-20-15(11-25-18)13-7-3-2-4-8-13/h2-11H,12H2,1H3,(H,20,22,24)/p+1. The summed E-state index contributed by atoms with van der Waals surface area (Å²) in [5, 5.41) is 6.40. The molecule has 0 atom stereocenters. The number of para-hydroxylation sites is 2. The molecule has 7 heteroatoms. The summed E-state index contributed by atoms with van der Waals surface area (Å²) in [6, 6.07) is 18.0. The fourth-order valence-electron chi connectivity index (χ4n) is 2.68. The minimum Gasteiger partial charge on any atom is -0.301 e. The minimum absolute atomic E-state index is 0.0670. The number of H-pyrrole nitrogens is 1. The molecule has 5 nitrogen and oxygen atoms in total. The topological polar surface area (TPSA) is 61.7 Å². The van der Waals surface area contributed by atoms with E-state index in [-0.39, 0.29) is 5.91 Å². The fourth-order valence-corrected chi connectivity index (χ4v) is 4.23. The molecule has 0 bridgehead atoms. The molecule has 2 aromatic heterocycles. The van der Waals surface area contributed by atoms with Crippen LogP contribution in [0.4, 0.5) is 5.13 Å². The van der Waals surface area contributed by atoms with Crippen molar-refractivity contribution in [2.45, 2.75) is 5.16 Å². The Morgan fingerprint density at radius 1 is 1.19 bits per heavy atom. The number of thiazole rings is 1. The zero-order chi connectivity index (χ0) is 17.9. The molecule has 0 unspecified atom stereocenters. The van der Waals surface area contributed by atoms with Crippen LogP contribution in [0.2, 0.25) is 0 Å². The zero-order valence-electron chi connectivity index (χ0n) is 14.1. The van der Waals surface area contributed by atoms with Crippen LogP contribution >= 0.6 is 23.1 Å². The number of nitrogens with one attached hydrogen (secondary N) is 2. The van der Waals surface area contributed by atoms with Gasteiger partial charge < -0.3 is 5.32 Å². The largest absolute Gasteiger partial charge is 0.317 e. The molecule has 4 rings (SSSR count). The highest BCUT2D eigenvalue weighted by Crippen LogP contribution is 2.25. The third kappa shape index (κ3) is 3.49. The van der Waals surface area contributed by atoms with E-state index in [0.29, 0.717) is 10.9 Å². The van der Waals surface area contributed by atoms with Crippen molar-refractivity contribution in [1.29, 1.82) is 0 Å². The normalized spacial score (nSPS) is 11.0. The van der Waals surface area contributed by atoms with Crippen LogP contribution in [0.15, 0.2) is 65.1 Å². The second-order valence-electron chi connectivity index (χ2n) is 5.75. The monoisotopic (exact) mass is 381 g/mol. The van der Waals surface area contributed by atoms with Crippen molar-refractivity contribution < 1.29 is 9.36 Å². The quantitative estimate of drug-likeness (QED) is 0.408. The highest BCUT2D eigenvalue weighted by atomic mass is 32.2. The van der Waals surface area contributed by atoms with Gasteiger partial charge in [0.2, 0.25) is 5.91 Å². The van der Waals surface area contributed by atoms with Crippen molar-refractivity contribution >= 4 is 45.2 Å². The third-order valence-electron chi connectivity index (χ3n) is 3.97. The van der Waals surface area contributed by atoms with E-state index in [0.717, 1.165) is 27.4 Å². The summed E-state index contributed by atoms with van der Waals surface area (Å²) >= 11 is 2.91. The number of amides is 1. The van der Waals surface area contributed by atoms with E-state index >= 15 is 0 Å². The molecule has 4 aromatic rings. The van der Waals surface area contributed by atoms with E-state index < -0.39 is 0 Å². The Labute approximate surface area is 159 Å². The van der Waals surface area contributed by atoms with Crippen molar-refractivity contribution in [3.05, 3.63) is 60.0 Å². The number of fused-ring (bicyclic) bond motifs is 1. The number of benzene rings is 2. The first-order valence-corrected chi connectivity index (χ1v) is 9.97. The number of hydrogen-bond donors (Lipinski definition) is 2. The Kier molecular flexibility index (Phi) is 4.73. The molecule has 1 amide bonds. The molecular weight excluding hydrogens is 364 g/mol. The van der Waals surface area contributed by atoms with Crippen LogP contribution < -0.4 is 9.88 Å². The summed E-state index contributed by atoms with van der Waals surface area (Å²) in [7, 11) is 1.99. The first-order valence-electron chi connectivity index (χ1n) is 8.11. The fraction of sp³-hybridized carbons (Fsp3) is 0.105. The van der Waals surface area contributed by atoms with Gasteiger partial charge in [0.25, 0.3) is 0 Å². The van der Waals surface area contributed by atoms with Crippen LogP contribution in [0.3, 0.4) is 0 Å². The summed E-state index contributed by atoms with van der Waals surface area (Å²) < 4.78 is 2.06. The van der Waals surface area contributed by atoms with E-state index in [9.17, 15) is 4.79 Å². The number of carbonyl (C=O) groups is 1. The lowest BCUT2D eigenvalue weighted by molar-refractivity contribution is -0.683. The minimum atomic E-state index is -0.0670.